The predicted octanol–water partition coefficient (Wildman–Crippen LogP) is 4.25. The summed E-state index contributed by atoms with van der Waals surface area (Å²) in [6.07, 6.45) is -0.465. The summed E-state index contributed by atoms with van der Waals surface area (Å²) in [6.45, 7) is 0.951. The smallest absolute Gasteiger partial charge is 0.407 e. The van der Waals surface area contributed by atoms with Crippen molar-refractivity contribution in [1.29, 1.82) is 0 Å². The van der Waals surface area contributed by atoms with E-state index in [0.717, 1.165) is 9.13 Å². The lowest BCUT2D eigenvalue weighted by Gasteiger charge is -2.10. The highest BCUT2D eigenvalue weighted by atomic mass is 127. The number of amides is 1. The molecule has 0 spiro atoms. The van der Waals surface area contributed by atoms with Crippen LogP contribution in [-0.2, 0) is 11.3 Å². The van der Waals surface area contributed by atoms with Gasteiger partial charge < -0.3 is 14.8 Å². The summed E-state index contributed by atoms with van der Waals surface area (Å²) < 4.78 is 11.6. The monoisotopic (exact) mass is 431 g/mol. The SMILES string of the molecule is O=C(NCCOc1cc(Cl)ccc1I)OCc1ccccc1. The topological polar surface area (TPSA) is 47.6 Å². The summed E-state index contributed by atoms with van der Waals surface area (Å²) in [7, 11) is 0. The second kappa shape index (κ2) is 8.85. The number of nitrogens with one attached hydrogen (secondary N) is 1. The van der Waals surface area contributed by atoms with Crippen molar-refractivity contribution >= 4 is 40.3 Å². The number of halogens is 2. The van der Waals surface area contributed by atoms with Crippen molar-refractivity contribution in [3.05, 3.63) is 62.7 Å². The molecule has 2 aromatic carbocycles. The Kier molecular flexibility index (Phi) is 6.79. The van der Waals surface area contributed by atoms with E-state index in [1.807, 2.05) is 36.4 Å². The Morgan fingerprint density at radius 1 is 1.18 bits per heavy atom. The van der Waals surface area contributed by atoms with E-state index < -0.39 is 6.09 Å². The Balaban J connectivity index is 1.66. The van der Waals surface area contributed by atoms with E-state index in [-0.39, 0.29) is 6.61 Å². The molecule has 0 radical (unpaired) electrons. The average molecular weight is 432 g/mol. The van der Waals surface area contributed by atoms with Gasteiger partial charge in [0.25, 0.3) is 0 Å². The molecule has 0 bridgehead atoms. The van der Waals surface area contributed by atoms with Gasteiger partial charge in [0.2, 0.25) is 0 Å². The molecule has 4 nitrogen and oxygen atoms in total. The van der Waals surface area contributed by atoms with Crippen molar-refractivity contribution < 1.29 is 14.3 Å². The summed E-state index contributed by atoms with van der Waals surface area (Å²) >= 11 is 8.07. The van der Waals surface area contributed by atoms with Crippen LogP contribution in [0, 0.1) is 3.57 Å². The summed E-state index contributed by atoms with van der Waals surface area (Å²) in [6, 6.07) is 14.9. The first-order valence-corrected chi connectivity index (χ1v) is 8.13. The number of alkyl carbamates (subject to hydrolysis) is 1. The summed E-state index contributed by atoms with van der Waals surface area (Å²) in [5, 5.41) is 3.25. The molecule has 0 saturated heterocycles. The summed E-state index contributed by atoms with van der Waals surface area (Å²) in [4.78, 5) is 11.5. The van der Waals surface area contributed by atoms with Gasteiger partial charge in [0, 0.05) is 5.02 Å². The lowest BCUT2D eigenvalue weighted by Crippen LogP contribution is -2.28. The van der Waals surface area contributed by atoms with Crippen molar-refractivity contribution in [1.82, 2.24) is 5.32 Å². The zero-order valence-corrected chi connectivity index (χ0v) is 14.6. The maximum absolute atomic E-state index is 11.5. The van der Waals surface area contributed by atoms with Crippen molar-refractivity contribution in [3.8, 4) is 5.75 Å². The maximum Gasteiger partial charge on any atom is 0.407 e. The van der Waals surface area contributed by atoms with Crippen LogP contribution in [0.4, 0.5) is 4.79 Å². The molecule has 0 atom stereocenters. The molecule has 0 fully saturated rings. The molecular formula is C16H15ClINO3. The van der Waals surface area contributed by atoms with E-state index in [4.69, 9.17) is 21.1 Å². The second-order valence-corrected chi connectivity index (χ2v) is 6.01. The second-order valence-electron chi connectivity index (χ2n) is 4.41. The Morgan fingerprint density at radius 2 is 1.95 bits per heavy atom. The normalized spacial score (nSPS) is 10.1. The highest BCUT2D eigenvalue weighted by molar-refractivity contribution is 14.1. The van der Waals surface area contributed by atoms with Gasteiger partial charge in [-0.15, -0.1) is 0 Å². The number of benzene rings is 2. The Labute approximate surface area is 147 Å². The van der Waals surface area contributed by atoms with Crippen molar-refractivity contribution in [2.24, 2.45) is 0 Å². The van der Waals surface area contributed by atoms with E-state index in [1.165, 1.54) is 0 Å². The van der Waals surface area contributed by atoms with Gasteiger partial charge in [-0.1, -0.05) is 41.9 Å². The zero-order chi connectivity index (χ0) is 15.8. The number of carbonyl (C=O) groups is 1. The van der Waals surface area contributed by atoms with Crippen LogP contribution in [0.3, 0.4) is 0 Å². The third kappa shape index (κ3) is 5.73. The largest absolute Gasteiger partial charge is 0.491 e. The number of rotatable bonds is 6. The molecule has 0 heterocycles. The van der Waals surface area contributed by atoms with Crippen LogP contribution in [0.1, 0.15) is 5.56 Å². The van der Waals surface area contributed by atoms with Gasteiger partial charge in [-0.25, -0.2) is 4.79 Å². The predicted molar refractivity (Wildman–Crippen MR) is 94.3 cm³/mol. The van der Waals surface area contributed by atoms with Gasteiger partial charge in [-0.05, 0) is 46.4 Å². The van der Waals surface area contributed by atoms with Crippen LogP contribution in [-0.4, -0.2) is 19.2 Å². The molecule has 116 valence electrons. The zero-order valence-electron chi connectivity index (χ0n) is 11.7. The van der Waals surface area contributed by atoms with Gasteiger partial charge in [0.1, 0.15) is 19.0 Å². The number of hydrogen-bond donors (Lipinski definition) is 1. The third-order valence-electron chi connectivity index (χ3n) is 2.73. The molecule has 0 aliphatic carbocycles. The lowest BCUT2D eigenvalue weighted by molar-refractivity contribution is 0.137. The van der Waals surface area contributed by atoms with Crippen LogP contribution in [0.2, 0.25) is 5.02 Å². The minimum atomic E-state index is -0.465. The van der Waals surface area contributed by atoms with Crippen molar-refractivity contribution in [2.75, 3.05) is 13.2 Å². The molecule has 2 aromatic rings. The molecule has 1 N–H and O–H groups in total. The van der Waals surface area contributed by atoms with Gasteiger partial charge >= 0.3 is 6.09 Å². The first-order valence-electron chi connectivity index (χ1n) is 6.67. The summed E-state index contributed by atoms with van der Waals surface area (Å²) in [5.74, 6) is 0.701. The van der Waals surface area contributed by atoms with Crippen molar-refractivity contribution in [3.63, 3.8) is 0 Å². The molecule has 0 aromatic heterocycles. The third-order valence-corrected chi connectivity index (χ3v) is 3.86. The van der Waals surface area contributed by atoms with E-state index in [9.17, 15) is 4.79 Å². The number of hydrogen-bond acceptors (Lipinski definition) is 3. The molecule has 0 aliphatic heterocycles. The minimum absolute atomic E-state index is 0.250. The Hall–Kier alpha value is -1.47. The van der Waals surface area contributed by atoms with Crippen LogP contribution < -0.4 is 10.1 Å². The first-order chi connectivity index (χ1) is 10.6. The van der Waals surface area contributed by atoms with Gasteiger partial charge in [0.05, 0.1) is 10.1 Å². The Morgan fingerprint density at radius 3 is 2.73 bits per heavy atom. The quantitative estimate of drug-likeness (QED) is 0.549. The van der Waals surface area contributed by atoms with Crippen molar-refractivity contribution in [2.45, 2.75) is 6.61 Å². The Bertz CT molecular complexity index is 622. The van der Waals surface area contributed by atoms with E-state index in [2.05, 4.69) is 27.9 Å². The number of carbonyl (C=O) groups excluding carboxylic acids is 1. The first kappa shape index (κ1) is 16.9. The van der Waals surface area contributed by atoms with E-state index in [0.29, 0.717) is 23.9 Å². The van der Waals surface area contributed by atoms with Crippen LogP contribution >= 0.6 is 34.2 Å². The van der Waals surface area contributed by atoms with Crippen LogP contribution in [0.15, 0.2) is 48.5 Å². The molecule has 0 saturated carbocycles. The van der Waals surface area contributed by atoms with Gasteiger partial charge in [0.15, 0.2) is 0 Å². The highest BCUT2D eigenvalue weighted by Gasteiger charge is 2.04. The molecule has 6 heteroatoms. The standard InChI is InChI=1S/C16H15ClINO3/c17-13-6-7-14(18)15(10-13)21-9-8-19-16(20)22-11-12-4-2-1-3-5-12/h1-7,10H,8-9,11H2,(H,19,20). The fraction of sp³-hybridized carbons (Fsp3) is 0.188. The molecule has 0 unspecified atom stereocenters. The fourth-order valence-electron chi connectivity index (χ4n) is 1.68. The summed E-state index contributed by atoms with van der Waals surface area (Å²) in [5.41, 5.74) is 0.947. The van der Waals surface area contributed by atoms with Crippen LogP contribution in [0.5, 0.6) is 5.75 Å². The average Bonchev–Trinajstić information content (AvgIpc) is 2.53. The highest BCUT2D eigenvalue weighted by Crippen LogP contribution is 2.24. The molecule has 2 rings (SSSR count). The molecule has 22 heavy (non-hydrogen) atoms. The minimum Gasteiger partial charge on any atom is -0.491 e. The number of ether oxygens (including phenoxy) is 2. The molecular weight excluding hydrogens is 417 g/mol. The fourth-order valence-corrected chi connectivity index (χ4v) is 2.33. The van der Waals surface area contributed by atoms with Gasteiger partial charge in [-0.2, -0.15) is 0 Å². The lowest BCUT2D eigenvalue weighted by atomic mass is 10.2. The van der Waals surface area contributed by atoms with E-state index in [1.54, 1.807) is 12.1 Å². The maximum atomic E-state index is 11.5. The molecule has 0 aliphatic rings. The van der Waals surface area contributed by atoms with E-state index >= 15 is 0 Å². The van der Waals surface area contributed by atoms with Gasteiger partial charge in [-0.3, -0.25) is 0 Å². The van der Waals surface area contributed by atoms with Crippen LogP contribution in [0.25, 0.3) is 0 Å². The molecule has 1 amide bonds.